The molecule has 63 heavy (non-hydrogen) atoms. The molecular formula is C57H36N6. The lowest BCUT2D eigenvalue weighted by Gasteiger charge is -2.16. The molecule has 0 unspecified atom stereocenters. The van der Waals surface area contributed by atoms with Crippen LogP contribution in [0.15, 0.2) is 218 Å². The molecule has 13 rings (SSSR count). The predicted octanol–water partition coefficient (Wildman–Crippen LogP) is 14.2. The molecule has 0 aliphatic carbocycles. The molecule has 0 saturated carbocycles. The van der Waals surface area contributed by atoms with Gasteiger partial charge in [-0.05, 0) is 48.0 Å². The number of nitrogens with zero attached hydrogens (tertiary/aromatic N) is 6. The molecule has 6 heteroatoms. The molecule has 0 aliphatic rings. The van der Waals surface area contributed by atoms with E-state index in [9.17, 15) is 0 Å². The molecule has 0 spiro atoms. The van der Waals surface area contributed by atoms with Gasteiger partial charge >= 0.3 is 0 Å². The van der Waals surface area contributed by atoms with Crippen LogP contribution in [0.25, 0.3) is 117 Å². The molecule has 4 aromatic heterocycles. The van der Waals surface area contributed by atoms with Crippen molar-refractivity contribution in [1.29, 1.82) is 0 Å². The second-order valence-electron chi connectivity index (χ2n) is 16.0. The molecule has 0 amide bonds. The van der Waals surface area contributed by atoms with Crippen LogP contribution in [0.2, 0.25) is 0 Å². The number of benzene rings is 9. The van der Waals surface area contributed by atoms with Crippen LogP contribution in [0.3, 0.4) is 0 Å². The second kappa shape index (κ2) is 14.0. The third-order valence-corrected chi connectivity index (χ3v) is 12.5. The summed E-state index contributed by atoms with van der Waals surface area (Å²) in [5.74, 6) is 1.77. The summed E-state index contributed by atoms with van der Waals surface area (Å²) >= 11 is 0. The van der Waals surface area contributed by atoms with Gasteiger partial charge in [0.25, 0.3) is 0 Å². The maximum absolute atomic E-state index is 5.38. The highest BCUT2D eigenvalue weighted by Crippen LogP contribution is 2.44. The number of para-hydroxylation sites is 4. The van der Waals surface area contributed by atoms with Crippen molar-refractivity contribution >= 4 is 65.4 Å². The Morgan fingerprint density at radius 3 is 1.33 bits per heavy atom. The Kier molecular flexibility index (Phi) is 7.80. The zero-order valence-electron chi connectivity index (χ0n) is 34.0. The number of hydrogen-bond donors (Lipinski definition) is 0. The van der Waals surface area contributed by atoms with Gasteiger partial charge in [-0.15, -0.1) is 0 Å². The predicted molar refractivity (Wildman–Crippen MR) is 259 cm³/mol. The molecule has 0 bridgehead atoms. The van der Waals surface area contributed by atoms with Crippen LogP contribution < -0.4 is 0 Å². The van der Waals surface area contributed by atoms with E-state index >= 15 is 0 Å². The van der Waals surface area contributed by atoms with Gasteiger partial charge in [0.05, 0.1) is 38.8 Å². The molecule has 13 aromatic rings. The van der Waals surface area contributed by atoms with Gasteiger partial charge in [-0.1, -0.05) is 176 Å². The molecule has 4 heterocycles. The molecule has 294 valence electrons. The fraction of sp³-hybridized carbons (Fsp3) is 0. The molecule has 0 aliphatic heterocycles. The van der Waals surface area contributed by atoms with Crippen LogP contribution in [0, 0.1) is 0 Å². The first-order valence-corrected chi connectivity index (χ1v) is 21.3. The van der Waals surface area contributed by atoms with E-state index in [2.05, 4.69) is 196 Å². The fourth-order valence-corrected chi connectivity index (χ4v) is 9.76. The second-order valence-corrected chi connectivity index (χ2v) is 16.0. The van der Waals surface area contributed by atoms with Crippen molar-refractivity contribution in [2.24, 2.45) is 0 Å². The smallest absolute Gasteiger partial charge is 0.238 e. The average molecular weight is 805 g/mol. The average Bonchev–Trinajstić information content (AvgIpc) is 4.00. The summed E-state index contributed by atoms with van der Waals surface area (Å²) < 4.78 is 7.13. The molecule has 6 nitrogen and oxygen atoms in total. The molecule has 0 atom stereocenters. The van der Waals surface area contributed by atoms with E-state index in [0.29, 0.717) is 17.6 Å². The summed E-state index contributed by atoms with van der Waals surface area (Å²) in [6, 6.07) is 77.4. The largest absolute Gasteiger partial charge is 0.309 e. The topological polar surface area (TPSA) is 53.5 Å². The van der Waals surface area contributed by atoms with E-state index in [0.717, 1.165) is 71.9 Å². The minimum absolute atomic E-state index is 0.549. The number of aromatic nitrogens is 6. The lowest BCUT2D eigenvalue weighted by Crippen LogP contribution is -2.07. The van der Waals surface area contributed by atoms with Gasteiger partial charge < -0.3 is 9.13 Å². The van der Waals surface area contributed by atoms with Gasteiger partial charge in [0, 0.05) is 54.7 Å². The zero-order valence-corrected chi connectivity index (χ0v) is 34.0. The Labute approximate surface area is 362 Å². The molecule has 0 fully saturated rings. The number of hydrogen-bond acceptors (Lipinski definition) is 3. The monoisotopic (exact) mass is 804 g/mol. The number of rotatable bonds is 6. The molecule has 0 radical (unpaired) electrons. The fourth-order valence-electron chi connectivity index (χ4n) is 9.76. The van der Waals surface area contributed by atoms with Crippen molar-refractivity contribution in [2.45, 2.75) is 0 Å². The molecule has 0 saturated heterocycles. The first-order chi connectivity index (χ1) is 31.3. The normalized spacial score (nSPS) is 11.8. The van der Waals surface area contributed by atoms with Gasteiger partial charge in [0.1, 0.15) is 0 Å². The van der Waals surface area contributed by atoms with Gasteiger partial charge in [-0.2, -0.15) is 9.97 Å². The summed E-state index contributed by atoms with van der Waals surface area (Å²) in [5, 5.41) is 6.97. The maximum atomic E-state index is 5.38. The number of fused-ring (bicyclic) bond motifs is 10. The third kappa shape index (κ3) is 5.41. The maximum Gasteiger partial charge on any atom is 0.238 e. The molecular weight excluding hydrogens is 769 g/mol. The van der Waals surface area contributed by atoms with Gasteiger partial charge in [-0.25, -0.2) is 4.98 Å². The summed E-state index contributed by atoms with van der Waals surface area (Å²) in [6.07, 6.45) is 0. The lowest BCUT2D eigenvalue weighted by atomic mass is 10.0. The Morgan fingerprint density at radius 2 is 0.730 bits per heavy atom. The van der Waals surface area contributed by atoms with Crippen LogP contribution in [0.4, 0.5) is 0 Å². The minimum atomic E-state index is 0.549. The van der Waals surface area contributed by atoms with Crippen molar-refractivity contribution in [3.8, 4) is 51.2 Å². The van der Waals surface area contributed by atoms with Gasteiger partial charge in [0.2, 0.25) is 5.95 Å². The Morgan fingerprint density at radius 1 is 0.286 bits per heavy atom. The quantitative estimate of drug-likeness (QED) is 0.168. The van der Waals surface area contributed by atoms with Crippen LogP contribution in [0.1, 0.15) is 0 Å². The van der Waals surface area contributed by atoms with E-state index in [1.54, 1.807) is 0 Å². The van der Waals surface area contributed by atoms with Gasteiger partial charge in [-0.3, -0.25) is 4.57 Å². The molecule has 0 N–H and O–H groups in total. The van der Waals surface area contributed by atoms with Crippen molar-refractivity contribution in [3.05, 3.63) is 218 Å². The van der Waals surface area contributed by atoms with E-state index < -0.39 is 0 Å². The zero-order chi connectivity index (χ0) is 41.4. The first-order valence-electron chi connectivity index (χ1n) is 21.3. The van der Waals surface area contributed by atoms with Crippen LogP contribution in [0.5, 0.6) is 0 Å². The first kappa shape index (κ1) is 35.2. The van der Waals surface area contributed by atoms with Crippen molar-refractivity contribution in [1.82, 2.24) is 28.7 Å². The van der Waals surface area contributed by atoms with Gasteiger partial charge in [0.15, 0.2) is 11.6 Å². The minimum Gasteiger partial charge on any atom is -0.309 e. The third-order valence-electron chi connectivity index (χ3n) is 12.5. The SMILES string of the molecule is c1ccc(-c2nc(-c3ccccc3)nc(-n3c4ccc(-n5c6ccccc6c6ccccc65)cc4c4ccc5c6ccccc6n(-c6ccccc6-c6ccccc6)c5c43)n2)cc1. The van der Waals surface area contributed by atoms with Crippen LogP contribution in [-0.4, -0.2) is 28.7 Å². The Bertz CT molecular complexity index is 3790. The highest BCUT2D eigenvalue weighted by atomic mass is 15.2. The molecule has 9 aromatic carbocycles. The summed E-state index contributed by atoms with van der Waals surface area (Å²) in [7, 11) is 0. The lowest BCUT2D eigenvalue weighted by molar-refractivity contribution is 0.953. The van der Waals surface area contributed by atoms with E-state index in [-0.39, 0.29) is 0 Å². The summed E-state index contributed by atoms with van der Waals surface area (Å²) in [4.78, 5) is 15.9. The van der Waals surface area contributed by atoms with Crippen LogP contribution in [-0.2, 0) is 0 Å². The standard InChI is InChI=1S/C57H36N6/c1-4-18-37(19-5-1)41-24-10-14-28-48(41)62-51-31-17-13-27-44(51)45-33-34-46-47-36-40(61-49-29-15-11-25-42(49)43-26-12-16-30-50(43)61)32-35-52(47)63(54(46)53(45)62)57-59-55(38-20-6-2-7-21-38)58-56(60-57)39-22-8-3-9-23-39/h1-36H. The summed E-state index contributed by atoms with van der Waals surface area (Å²) in [5.41, 5.74) is 12.9. The highest BCUT2D eigenvalue weighted by molar-refractivity contribution is 6.24. The van der Waals surface area contributed by atoms with E-state index in [4.69, 9.17) is 15.0 Å². The Balaban J connectivity index is 1.20. The van der Waals surface area contributed by atoms with Crippen molar-refractivity contribution in [3.63, 3.8) is 0 Å². The van der Waals surface area contributed by atoms with Crippen molar-refractivity contribution < 1.29 is 0 Å². The highest BCUT2D eigenvalue weighted by Gasteiger charge is 2.25. The van der Waals surface area contributed by atoms with E-state index in [1.165, 1.54) is 27.2 Å². The summed E-state index contributed by atoms with van der Waals surface area (Å²) in [6.45, 7) is 0. The van der Waals surface area contributed by atoms with Crippen molar-refractivity contribution in [2.75, 3.05) is 0 Å². The van der Waals surface area contributed by atoms with E-state index in [1.807, 2.05) is 36.4 Å². The van der Waals surface area contributed by atoms with Crippen LogP contribution >= 0.6 is 0 Å². The Hall–Kier alpha value is -8.61.